The van der Waals surface area contributed by atoms with E-state index in [9.17, 15) is 9.59 Å². The van der Waals surface area contributed by atoms with E-state index < -0.39 is 0 Å². The number of pyridine rings is 1. The first kappa shape index (κ1) is 20.0. The lowest BCUT2D eigenvalue weighted by Crippen LogP contribution is -2.32. The van der Waals surface area contributed by atoms with E-state index in [2.05, 4.69) is 11.4 Å². The van der Waals surface area contributed by atoms with Crippen LogP contribution in [0.1, 0.15) is 16.7 Å². The van der Waals surface area contributed by atoms with Crippen molar-refractivity contribution in [2.24, 2.45) is 0 Å². The standard InChI is InChI=1S/C24H22ClN3O2/c1-17-5-4-6-18(13-17)15-27-11-9-19-10-12-28(24(30)23(19)27)16-22(29)26-14-20-7-2-3-8-21(20)25/h2-13H,14-16H2,1H3,(H,26,29). The molecule has 5 nitrogen and oxygen atoms in total. The summed E-state index contributed by atoms with van der Waals surface area (Å²) in [6, 6.07) is 19.4. The molecule has 0 saturated carbocycles. The molecule has 0 aliphatic heterocycles. The van der Waals surface area contributed by atoms with Gasteiger partial charge in [-0.25, -0.2) is 0 Å². The molecule has 0 atom stereocenters. The maximum Gasteiger partial charge on any atom is 0.275 e. The predicted molar refractivity (Wildman–Crippen MR) is 120 cm³/mol. The SMILES string of the molecule is Cc1cccc(Cn2ccc3ccn(CC(=O)NCc4ccccc4Cl)c(=O)c32)c1. The molecule has 0 aliphatic carbocycles. The van der Waals surface area contributed by atoms with Crippen molar-refractivity contribution in [1.82, 2.24) is 14.5 Å². The van der Waals surface area contributed by atoms with Gasteiger partial charge in [-0.1, -0.05) is 59.6 Å². The van der Waals surface area contributed by atoms with Crippen molar-refractivity contribution in [3.8, 4) is 0 Å². The van der Waals surface area contributed by atoms with Crippen molar-refractivity contribution in [2.45, 2.75) is 26.6 Å². The number of aromatic nitrogens is 2. The van der Waals surface area contributed by atoms with E-state index in [4.69, 9.17) is 11.6 Å². The molecule has 30 heavy (non-hydrogen) atoms. The van der Waals surface area contributed by atoms with Crippen LogP contribution in [0.15, 0.2) is 77.9 Å². The lowest BCUT2D eigenvalue weighted by Gasteiger charge is -2.10. The molecule has 4 aromatic rings. The second-order valence-electron chi connectivity index (χ2n) is 7.35. The van der Waals surface area contributed by atoms with Crippen LogP contribution in [0.25, 0.3) is 10.9 Å². The van der Waals surface area contributed by atoms with Crippen LogP contribution in [0.5, 0.6) is 0 Å². The van der Waals surface area contributed by atoms with Gasteiger partial charge < -0.3 is 14.5 Å². The van der Waals surface area contributed by atoms with Crippen molar-refractivity contribution in [3.63, 3.8) is 0 Å². The Bertz CT molecular complexity index is 1270. The van der Waals surface area contributed by atoms with E-state index in [-0.39, 0.29) is 18.0 Å². The molecular formula is C24H22ClN3O2. The monoisotopic (exact) mass is 419 g/mol. The van der Waals surface area contributed by atoms with E-state index in [1.54, 1.807) is 12.3 Å². The average Bonchev–Trinajstić information content (AvgIpc) is 3.13. The maximum absolute atomic E-state index is 13.1. The Kier molecular flexibility index (Phi) is 5.72. The number of fused-ring (bicyclic) bond motifs is 1. The van der Waals surface area contributed by atoms with Gasteiger partial charge in [0.15, 0.2) is 0 Å². The molecule has 0 aliphatic rings. The molecule has 4 rings (SSSR count). The van der Waals surface area contributed by atoms with Gasteiger partial charge in [0.1, 0.15) is 12.1 Å². The minimum absolute atomic E-state index is 0.0468. The Balaban J connectivity index is 1.53. The van der Waals surface area contributed by atoms with Crippen LogP contribution in [-0.4, -0.2) is 15.0 Å². The van der Waals surface area contributed by atoms with Crippen molar-refractivity contribution in [2.75, 3.05) is 0 Å². The first-order chi connectivity index (χ1) is 14.5. The molecule has 0 bridgehead atoms. The summed E-state index contributed by atoms with van der Waals surface area (Å²) in [6.07, 6.45) is 3.58. The van der Waals surface area contributed by atoms with Gasteiger partial charge in [0.25, 0.3) is 5.56 Å². The zero-order valence-corrected chi connectivity index (χ0v) is 17.4. The molecule has 2 aromatic heterocycles. The van der Waals surface area contributed by atoms with Crippen molar-refractivity contribution < 1.29 is 4.79 Å². The third-order valence-electron chi connectivity index (χ3n) is 5.08. The van der Waals surface area contributed by atoms with E-state index in [0.717, 1.165) is 16.5 Å². The highest BCUT2D eigenvalue weighted by atomic mass is 35.5. The smallest absolute Gasteiger partial charge is 0.275 e. The molecule has 6 heteroatoms. The Morgan fingerprint density at radius 3 is 2.53 bits per heavy atom. The van der Waals surface area contributed by atoms with Gasteiger partial charge in [0.05, 0.1) is 0 Å². The molecule has 0 fully saturated rings. The highest BCUT2D eigenvalue weighted by Crippen LogP contribution is 2.15. The minimum Gasteiger partial charge on any atom is -0.350 e. The summed E-state index contributed by atoms with van der Waals surface area (Å²) in [7, 11) is 0. The van der Waals surface area contributed by atoms with Gasteiger partial charge >= 0.3 is 0 Å². The van der Waals surface area contributed by atoms with Gasteiger partial charge in [-0.3, -0.25) is 9.59 Å². The highest BCUT2D eigenvalue weighted by Gasteiger charge is 2.11. The van der Waals surface area contributed by atoms with E-state index in [1.165, 1.54) is 10.1 Å². The molecular weight excluding hydrogens is 398 g/mol. The first-order valence-corrected chi connectivity index (χ1v) is 10.1. The van der Waals surface area contributed by atoms with E-state index >= 15 is 0 Å². The fourth-order valence-electron chi connectivity index (χ4n) is 3.55. The van der Waals surface area contributed by atoms with Gasteiger partial charge in [-0.05, 0) is 36.2 Å². The zero-order valence-electron chi connectivity index (χ0n) is 16.6. The number of hydrogen-bond donors (Lipinski definition) is 1. The molecule has 0 spiro atoms. The van der Waals surface area contributed by atoms with Crippen LogP contribution >= 0.6 is 11.6 Å². The fourth-order valence-corrected chi connectivity index (χ4v) is 3.76. The summed E-state index contributed by atoms with van der Waals surface area (Å²) in [5, 5.41) is 4.29. The first-order valence-electron chi connectivity index (χ1n) is 9.75. The number of nitrogens with one attached hydrogen (secondary N) is 1. The van der Waals surface area contributed by atoms with Crippen molar-refractivity contribution in [3.05, 3.63) is 105 Å². The number of amides is 1. The molecule has 0 unspecified atom stereocenters. The largest absolute Gasteiger partial charge is 0.350 e. The van der Waals surface area contributed by atoms with E-state index in [0.29, 0.717) is 23.6 Å². The second-order valence-corrected chi connectivity index (χ2v) is 7.76. The van der Waals surface area contributed by atoms with Crippen LogP contribution in [0.4, 0.5) is 0 Å². The molecule has 2 heterocycles. The quantitative estimate of drug-likeness (QED) is 0.511. The van der Waals surface area contributed by atoms with Gasteiger partial charge in [-0.2, -0.15) is 0 Å². The maximum atomic E-state index is 13.1. The lowest BCUT2D eigenvalue weighted by atomic mass is 10.1. The minimum atomic E-state index is -0.242. The average molecular weight is 420 g/mol. The number of carbonyl (C=O) groups is 1. The Morgan fingerprint density at radius 1 is 1.00 bits per heavy atom. The van der Waals surface area contributed by atoms with Gasteiger partial charge in [0.2, 0.25) is 5.91 Å². The number of nitrogens with zero attached hydrogens (tertiary/aromatic N) is 2. The summed E-state index contributed by atoms with van der Waals surface area (Å²) in [6.45, 7) is 2.92. The Hall–Kier alpha value is -3.31. The number of benzene rings is 2. The van der Waals surface area contributed by atoms with Crippen molar-refractivity contribution in [1.29, 1.82) is 0 Å². The van der Waals surface area contributed by atoms with Gasteiger partial charge in [0, 0.05) is 35.9 Å². The van der Waals surface area contributed by atoms with Crippen LogP contribution in [0.3, 0.4) is 0 Å². The summed E-state index contributed by atoms with van der Waals surface area (Å²) in [4.78, 5) is 25.5. The number of aryl methyl sites for hydroxylation is 1. The zero-order chi connectivity index (χ0) is 21.1. The molecule has 0 saturated heterocycles. The van der Waals surface area contributed by atoms with Crippen LogP contribution < -0.4 is 10.9 Å². The number of hydrogen-bond acceptors (Lipinski definition) is 2. The summed E-state index contributed by atoms with van der Waals surface area (Å²) in [5.41, 5.74) is 3.55. The normalized spacial score (nSPS) is 11.0. The Morgan fingerprint density at radius 2 is 1.77 bits per heavy atom. The third-order valence-corrected chi connectivity index (χ3v) is 5.44. The Labute approximate surface area is 179 Å². The highest BCUT2D eigenvalue weighted by molar-refractivity contribution is 6.31. The number of carbonyl (C=O) groups excluding carboxylic acids is 1. The lowest BCUT2D eigenvalue weighted by molar-refractivity contribution is -0.121. The van der Waals surface area contributed by atoms with Crippen LogP contribution in [0, 0.1) is 6.92 Å². The fraction of sp³-hybridized carbons (Fsp3) is 0.167. The van der Waals surface area contributed by atoms with Crippen LogP contribution in [-0.2, 0) is 24.4 Å². The third kappa shape index (κ3) is 4.31. The summed E-state index contributed by atoms with van der Waals surface area (Å²) < 4.78 is 3.38. The van der Waals surface area contributed by atoms with Gasteiger partial charge in [-0.15, -0.1) is 0 Å². The van der Waals surface area contributed by atoms with E-state index in [1.807, 2.05) is 66.2 Å². The summed E-state index contributed by atoms with van der Waals surface area (Å²) >= 11 is 6.13. The number of halogens is 1. The molecule has 0 radical (unpaired) electrons. The van der Waals surface area contributed by atoms with Crippen molar-refractivity contribution >= 4 is 28.4 Å². The summed E-state index contributed by atoms with van der Waals surface area (Å²) in [5.74, 6) is -0.242. The van der Waals surface area contributed by atoms with Crippen LogP contribution in [0.2, 0.25) is 5.02 Å². The number of rotatable bonds is 6. The molecule has 152 valence electrons. The molecule has 2 aromatic carbocycles. The predicted octanol–water partition coefficient (Wildman–Crippen LogP) is 4.13. The second kappa shape index (κ2) is 8.59. The topological polar surface area (TPSA) is 56.0 Å². The molecule has 1 amide bonds. The molecule has 1 N–H and O–H groups in total.